The molecule has 0 aliphatic carbocycles. The highest BCUT2D eigenvalue weighted by molar-refractivity contribution is 5.83. The zero-order valence-corrected chi connectivity index (χ0v) is 8.63. The summed E-state index contributed by atoms with van der Waals surface area (Å²) >= 11 is 0. The van der Waals surface area contributed by atoms with Crippen LogP contribution in [0.25, 0.3) is 10.9 Å². The van der Waals surface area contributed by atoms with E-state index in [1.807, 2.05) is 13.1 Å². The van der Waals surface area contributed by atoms with E-state index in [0.717, 1.165) is 22.9 Å². The molecule has 0 fully saturated rings. The second-order valence-corrected chi connectivity index (χ2v) is 4.00. The van der Waals surface area contributed by atoms with E-state index in [1.165, 1.54) is 12.1 Å². The van der Waals surface area contributed by atoms with Crippen molar-refractivity contribution >= 4 is 10.9 Å². The number of fused-ring (bicyclic) bond motifs is 1. The second kappa shape index (κ2) is 4.03. The Morgan fingerprint density at radius 3 is 3.00 bits per heavy atom. The molecule has 15 heavy (non-hydrogen) atoms. The van der Waals surface area contributed by atoms with Crippen molar-refractivity contribution in [3.63, 3.8) is 0 Å². The normalized spacial score (nSPS) is 13.3. The maximum atomic E-state index is 12.9. The van der Waals surface area contributed by atoms with Gasteiger partial charge < -0.3 is 10.1 Å². The van der Waals surface area contributed by atoms with Gasteiger partial charge in [-0.1, -0.05) is 6.92 Å². The van der Waals surface area contributed by atoms with Gasteiger partial charge >= 0.3 is 0 Å². The molecule has 80 valence electrons. The first-order valence-electron chi connectivity index (χ1n) is 5.07. The molecule has 2 aromatic rings. The van der Waals surface area contributed by atoms with E-state index in [1.54, 1.807) is 6.07 Å². The maximum Gasteiger partial charge on any atom is 0.125 e. The van der Waals surface area contributed by atoms with Crippen LogP contribution in [-0.2, 0) is 6.42 Å². The number of hydrogen-bond acceptors (Lipinski definition) is 1. The van der Waals surface area contributed by atoms with Gasteiger partial charge in [-0.25, -0.2) is 4.39 Å². The fraction of sp³-hybridized carbons (Fsp3) is 0.333. The van der Waals surface area contributed by atoms with E-state index >= 15 is 0 Å². The molecule has 2 rings (SSSR count). The zero-order chi connectivity index (χ0) is 10.8. The number of nitrogens with one attached hydrogen (secondary N) is 1. The van der Waals surface area contributed by atoms with E-state index in [2.05, 4.69) is 4.98 Å². The van der Waals surface area contributed by atoms with Gasteiger partial charge in [0.15, 0.2) is 0 Å². The third-order valence-electron chi connectivity index (χ3n) is 2.61. The minimum absolute atomic E-state index is 0.174. The molecule has 1 atom stereocenters. The molecule has 0 radical (unpaired) electrons. The fourth-order valence-electron chi connectivity index (χ4n) is 1.77. The number of aliphatic hydroxyl groups excluding tert-OH is 1. The third-order valence-corrected chi connectivity index (χ3v) is 2.61. The van der Waals surface area contributed by atoms with Crippen LogP contribution in [0.2, 0.25) is 0 Å². The van der Waals surface area contributed by atoms with Gasteiger partial charge in [-0.05, 0) is 36.1 Å². The summed E-state index contributed by atoms with van der Waals surface area (Å²) in [6, 6.07) is 4.73. The number of hydrogen-bond donors (Lipinski definition) is 2. The number of benzene rings is 1. The molecule has 0 saturated heterocycles. The Morgan fingerprint density at radius 2 is 2.27 bits per heavy atom. The van der Waals surface area contributed by atoms with Crippen molar-refractivity contribution in [2.75, 3.05) is 6.61 Å². The quantitative estimate of drug-likeness (QED) is 0.797. The van der Waals surface area contributed by atoms with Crippen LogP contribution < -0.4 is 0 Å². The van der Waals surface area contributed by atoms with Crippen molar-refractivity contribution in [2.45, 2.75) is 13.3 Å². The van der Waals surface area contributed by atoms with Crippen LogP contribution in [0, 0.1) is 11.7 Å². The summed E-state index contributed by atoms with van der Waals surface area (Å²) in [5, 5.41) is 10.0. The summed E-state index contributed by atoms with van der Waals surface area (Å²) < 4.78 is 12.9. The monoisotopic (exact) mass is 207 g/mol. The summed E-state index contributed by atoms with van der Waals surface area (Å²) in [4.78, 5) is 3.04. The molecule has 0 aliphatic heterocycles. The van der Waals surface area contributed by atoms with Crippen molar-refractivity contribution < 1.29 is 9.50 Å². The zero-order valence-electron chi connectivity index (χ0n) is 8.63. The van der Waals surface area contributed by atoms with Crippen LogP contribution in [0.4, 0.5) is 4.39 Å². The predicted molar refractivity (Wildman–Crippen MR) is 58.2 cm³/mol. The third kappa shape index (κ3) is 2.02. The van der Waals surface area contributed by atoms with Crippen LogP contribution in [-0.4, -0.2) is 16.7 Å². The molecule has 1 aromatic heterocycles. The van der Waals surface area contributed by atoms with Crippen LogP contribution >= 0.6 is 0 Å². The van der Waals surface area contributed by atoms with Gasteiger partial charge in [0.05, 0.1) is 0 Å². The smallest absolute Gasteiger partial charge is 0.125 e. The molecule has 1 heterocycles. The van der Waals surface area contributed by atoms with Crippen molar-refractivity contribution in [1.29, 1.82) is 0 Å². The number of rotatable bonds is 3. The maximum absolute atomic E-state index is 12.9. The summed E-state index contributed by atoms with van der Waals surface area (Å²) in [6.07, 6.45) is 2.69. The van der Waals surface area contributed by atoms with Crippen molar-refractivity contribution in [2.24, 2.45) is 5.92 Å². The van der Waals surface area contributed by atoms with E-state index < -0.39 is 0 Å². The molecule has 0 amide bonds. The number of aromatic nitrogens is 1. The summed E-state index contributed by atoms with van der Waals surface area (Å²) in [5.41, 5.74) is 1.95. The van der Waals surface area contributed by atoms with E-state index in [9.17, 15) is 4.39 Å². The summed E-state index contributed by atoms with van der Waals surface area (Å²) in [5.74, 6) is 0.000148. The first-order valence-corrected chi connectivity index (χ1v) is 5.07. The highest BCUT2D eigenvalue weighted by Crippen LogP contribution is 2.21. The van der Waals surface area contributed by atoms with Gasteiger partial charge in [-0.15, -0.1) is 0 Å². The molecule has 1 unspecified atom stereocenters. The first-order chi connectivity index (χ1) is 7.20. The lowest BCUT2D eigenvalue weighted by atomic mass is 10.0. The minimum atomic E-state index is -0.230. The first kappa shape index (κ1) is 10.2. The molecule has 0 bridgehead atoms. The van der Waals surface area contributed by atoms with Gasteiger partial charge in [-0.2, -0.15) is 0 Å². The molecule has 1 aromatic carbocycles. The van der Waals surface area contributed by atoms with Crippen molar-refractivity contribution in [3.05, 3.63) is 35.8 Å². The molecule has 2 nitrogen and oxygen atoms in total. The molecule has 0 spiro atoms. The lowest BCUT2D eigenvalue weighted by molar-refractivity contribution is 0.237. The molecule has 0 aliphatic rings. The summed E-state index contributed by atoms with van der Waals surface area (Å²) in [6.45, 7) is 2.16. The predicted octanol–water partition coefficient (Wildman–Crippen LogP) is 2.48. The van der Waals surface area contributed by atoms with Crippen LogP contribution in [0.5, 0.6) is 0 Å². The van der Waals surface area contributed by atoms with Crippen LogP contribution in [0.1, 0.15) is 12.5 Å². The fourth-order valence-corrected chi connectivity index (χ4v) is 1.77. The van der Waals surface area contributed by atoms with Crippen LogP contribution in [0.15, 0.2) is 24.4 Å². The Morgan fingerprint density at radius 1 is 1.47 bits per heavy atom. The Kier molecular flexibility index (Phi) is 2.73. The van der Waals surface area contributed by atoms with Crippen LogP contribution in [0.3, 0.4) is 0 Å². The molecular formula is C12H14FNO. The lowest BCUT2D eigenvalue weighted by Crippen LogP contribution is -2.03. The van der Waals surface area contributed by atoms with Gasteiger partial charge in [0.25, 0.3) is 0 Å². The number of aliphatic hydroxyl groups is 1. The van der Waals surface area contributed by atoms with Crippen molar-refractivity contribution in [1.82, 2.24) is 4.98 Å². The molecular weight excluding hydrogens is 193 g/mol. The minimum Gasteiger partial charge on any atom is -0.396 e. The average Bonchev–Trinajstić information content (AvgIpc) is 2.60. The Bertz CT molecular complexity index is 464. The van der Waals surface area contributed by atoms with Gasteiger partial charge in [0, 0.05) is 23.7 Å². The van der Waals surface area contributed by atoms with Gasteiger partial charge in [-0.3, -0.25) is 0 Å². The van der Waals surface area contributed by atoms with Gasteiger partial charge in [0.1, 0.15) is 5.82 Å². The number of aromatic amines is 1. The number of halogens is 1. The summed E-state index contributed by atoms with van der Waals surface area (Å²) in [7, 11) is 0. The average molecular weight is 207 g/mol. The Hall–Kier alpha value is -1.35. The van der Waals surface area contributed by atoms with E-state index in [4.69, 9.17) is 5.11 Å². The van der Waals surface area contributed by atoms with E-state index in [0.29, 0.717) is 0 Å². The molecule has 3 heteroatoms. The van der Waals surface area contributed by atoms with Crippen molar-refractivity contribution in [3.8, 4) is 0 Å². The highest BCUT2D eigenvalue weighted by atomic mass is 19.1. The Labute approximate surface area is 87.7 Å². The van der Waals surface area contributed by atoms with Gasteiger partial charge in [0.2, 0.25) is 0 Å². The lowest BCUT2D eigenvalue weighted by Gasteiger charge is -2.05. The largest absolute Gasteiger partial charge is 0.396 e. The topological polar surface area (TPSA) is 36.0 Å². The highest BCUT2D eigenvalue weighted by Gasteiger charge is 2.08. The van der Waals surface area contributed by atoms with E-state index in [-0.39, 0.29) is 18.3 Å². The number of H-pyrrole nitrogens is 1. The molecule has 0 saturated carbocycles. The molecule has 2 N–H and O–H groups in total. The standard InChI is InChI=1S/C12H14FNO/c1-8(7-15)4-9-6-14-12-5-10(13)2-3-11(9)12/h2-3,5-6,8,14-15H,4,7H2,1H3. The SMILES string of the molecule is CC(CO)Cc1c[nH]c2cc(F)ccc12. The second-order valence-electron chi connectivity index (χ2n) is 4.00. The Balaban J connectivity index is 2.36.